The van der Waals surface area contributed by atoms with Crippen molar-refractivity contribution in [2.24, 2.45) is 0 Å². The minimum Gasteiger partial charge on any atom is -0.314 e. The van der Waals surface area contributed by atoms with Crippen molar-refractivity contribution in [1.29, 1.82) is 0 Å². The Morgan fingerprint density at radius 2 is 2.31 bits per heavy atom. The molecule has 6 heteroatoms. The number of hydrogen-bond acceptors (Lipinski definition) is 6. The predicted octanol–water partition coefficient (Wildman–Crippen LogP) is 1.96. The number of hydrogen-bond donors (Lipinski definition) is 1. The molecule has 84 valence electrons. The molecule has 4 nitrogen and oxygen atoms in total. The van der Waals surface area contributed by atoms with E-state index in [1.165, 1.54) is 12.8 Å². The summed E-state index contributed by atoms with van der Waals surface area (Å²) >= 11 is 3.28. The zero-order chi connectivity index (χ0) is 10.8. The molecule has 1 saturated carbocycles. The second-order valence-corrected chi connectivity index (χ2v) is 5.79. The molecular formula is C10H12N4S2. The van der Waals surface area contributed by atoms with Crippen LogP contribution in [0, 0.1) is 0 Å². The summed E-state index contributed by atoms with van der Waals surface area (Å²) in [7, 11) is 0. The average Bonchev–Trinajstić information content (AvgIpc) is 2.83. The summed E-state index contributed by atoms with van der Waals surface area (Å²) in [5.74, 6) is 0. The lowest BCUT2D eigenvalue weighted by atomic mass is 10.4. The largest absolute Gasteiger partial charge is 0.314 e. The van der Waals surface area contributed by atoms with Crippen LogP contribution in [0.3, 0.4) is 0 Å². The van der Waals surface area contributed by atoms with Gasteiger partial charge in [0, 0.05) is 25.2 Å². The van der Waals surface area contributed by atoms with Crippen LogP contribution in [-0.4, -0.2) is 27.8 Å². The van der Waals surface area contributed by atoms with E-state index in [0.717, 1.165) is 33.9 Å². The predicted molar refractivity (Wildman–Crippen MR) is 65.7 cm³/mol. The fourth-order valence-corrected chi connectivity index (χ4v) is 2.96. The van der Waals surface area contributed by atoms with Crippen molar-refractivity contribution < 1.29 is 0 Å². The van der Waals surface area contributed by atoms with Gasteiger partial charge in [-0.05, 0) is 12.8 Å². The van der Waals surface area contributed by atoms with Gasteiger partial charge in [0.1, 0.15) is 5.01 Å². The first kappa shape index (κ1) is 10.3. The standard InChI is InChI=1S/C10H12N4S2/c1-2-7(1)12-4-3-9-13-14-10(16-9)8-5-11-6-15-8/h5-7,12H,1-4H2. The normalized spacial score (nSPS) is 15.5. The number of rotatable bonds is 5. The molecule has 0 spiro atoms. The third-order valence-electron chi connectivity index (χ3n) is 2.46. The molecule has 3 rings (SSSR count). The quantitative estimate of drug-likeness (QED) is 0.883. The lowest BCUT2D eigenvalue weighted by Gasteiger charge is -1.97. The minimum absolute atomic E-state index is 0.772. The highest BCUT2D eigenvalue weighted by Gasteiger charge is 2.19. The van der Waals surface area contributed by atoms with Gasteiger partial charge < -0.3 is 5.32 Å². The highest BCUT2D eigenvalue weighted by Crippen LogP contribution is 2.26. The van der Waals surface area contributed by atoms with Crippen LogP contribution in [0.25, 0.3) is 9.88 Å². The molecule has 0 saturated heterocycles. The van der Waals surface area contributed by atoms with Gasteiger partial charge in [-0.25, -0.2) is 0 Å². The van der Waals surface area contributed by atoms with Crippen LogP contribution in [0.4, 0.5) is 0 Å². The SMILES string of the molecule is c1ncc(-c2nnc(CCNC3CC3)s2)s1. The number of nitrogens with one attached hydrogen (secondary N) is 1. The van der Waals surface area contributed by atoms with E-state index in [1.54, 1.807) is 22.7 Å². The van der Waals surface area contributed by atoms with E-state index in [-0.39, 0.29) is 0 Å². The maximum Gasteiger partial charge on any atom is 0.159 e. The Bertz CT molecular complexity index is 447. The van der Waals surface area contributed by atoms with E-state index in [9.17, 15) is 0 Å². The van der Waals surface area contributed by atoms with Gasteiger partial charge in [-0.2, -0.15) is 0 Å². The Balaban J connectivity index is 1.59. The van der Waals surface area contributed by atoms with Crippen LogP contribution >= 0.6 is 22.7 Å². The van der Waals surface area contributed by atoms with Gasteiger partial charge in [-0.3, -0.25) is 4.98 Å². The Morgan fingerprint density at radius 3 is 3.06 bits per heavy atom. The Hall–Kier alpha value is -0.850. The Labute approximate surface area is 102 Å². The molecule has 0 atom stereocenters. The average molecular weight is 252 g/mol. The van der Waals surface area contributed by atoms with Crippen LogP contribution in [0.2, 0.25) is 0 Å². The van der Waals surface area contributed by atoms with Crippen molar-refractivity contribution in [2.45, 2.75) is 25.3 Å². The third kappa shape index (κ3) is 2.45. The number of nitrogens with zero attached hydrogens (tertiary/aromatic N) is 3. The molecule has 0 bridgehead atoms. The summed E-state index contributed by atoms with van der Waals surface area (Å²) in [4.78, 5) is 5.16. The van der Waals surface area contributed by atoms with Crippen molar-refractivity contribution in [1.82, 2.24) is 20.5 Å². The van der Waals surface area contributed by atoms with E-state index in [2.05, 4.69) is 20.5 Å². The summed E-state index contributed by atoms with van der Waals surface area (Å²) in [5, 5.41) is 14.0. The molecule has 2 heterocycles. The second kappa shape index (κ2) is 4.57. The van der Waals surface area contributed by atoms with Crippen LogP contribution in [0.1, 0.15) is 17.8 Å². The zero-order valence-electron chi connectivity index (χ0n) is 8.72. The number of thiazole rings is 1. The van der Waals surface area contributed by atoms with Gasteiger partial charge in [0.05, 0.1) is 10.4 Å². The minimum atomic E-state index is 0.772. The molecule has 1 fully saturated rings. The molecule has 1 aliphatic rings. The van der Waals surface area contributed by atoms with Crippen molar-refractivity contribution in [3.8, 4) is 9.88 Å². The smallest absolute Gasteiger partial charge is 0.159 e. The van der Waals surface area contributed by atoms with E-state index in [4.69, 9.17) is 0 Å². The summed E-state index contributed by atoms with van der Waals surface area (Å²) in [6.07, 6.45) is 5.49. The van der Waals surface area contributed by atoms with Crippen LogP contribution in [-0.2, 0) is 6.42 Å². The lowest BCUT2D eigenvalue weighted by molar-refractivity contribution is 0.677. The highest BCUT2D eigenvalue weighted by molar-refractivity contribution is 7.20. The molecule has 0 aromatic carbocycles. The van der Waals surface area contributed by atoms with Crippen molar-refractivity contribution in [3.63, 3.8) is 0 Å². The van der Waals surface area contributed by atoms with E-state index >= 15 is 0 Å². The van der Waals surface area contributed by atoms with E-state index in [0.29, 0.717) is 0 Å². The van der Waals surface area contributed by atoms with Gasteiger partial charge in [0.15, 0.2) is 5.01 Å². The molecule has 16 heavy (non-hydrogen) atoms. The monoisotopic (exact) mass is 252 g/mol. The van der Waals surface area contributed by atoms with Crippen LogP contribution in [0.5, 0.6) is 0 Å². The van der Waals surface area contributed by atoms with Crippen LogP contribution < -0.4 is 5.32 Å². The summed E-state index contributed by atoms with van der Waals surface area (Å²) in [6, 6.07) is 0.772. The van der Waals surface area contributed by atoms with Gasteiger partial charge in [0.25, 0.3) is 0 Å². The van der Waals surface area contributed by atoms with Gasteiger partial charge in [-0.15, -0.1) is 21.5 Å². The fourth-order valence-electron chi connectivity index (χ4n) is 1.45. The Kier molecular flexibility index (Phi) is 2.94. The first-order chi connectivity index (χ1) is 7.92. The summed E-state index contributed by atoms with van der Waals surface area (Å²) in [6.45, 7) is 1.02. The molecule has 0 aliphatic heterocycles. The second-order valence-electron chi connectivity index (χ2n) is 3.85. The fraction of sp³-hybridized carbons (Fsp3) is 0.500. The van der Waals surface area contributed by atoms with Crippen molar-refractivity contribution >= 4 is 22.7 Å². The molecular weight excluding hydrogens is 240 g/mol. The molecule has 0 amide bonds. The molecule has 0 unspecified atom stereocenters. The maximum absolute atomic E-state index is 4.20. The van der Waals surface area contributed by atoms with Crippen molar-refractivity contribution in [2.75, 3.05) is 6.54 Å². The highest BCUT2D eigenvalue weighted by atomic mass is 32.1. The van der Waals surface area contributed by atoms with Gasteiger partial charge >= 0.3 is 0 Å². The molecule has 2 aromatic heterocycles. The zero-order valence-corrected chi connectivity index (χ0v) is 10.4. The Morgan fingerprint density at radius 1 is 1.38 bits per heavy atom. The third-order valence-corrected chi connectivity index (χ3v) is 4.38. The van der Waals surface area contributed by atoms with Gasteiger partial charge in [0.2, 0.25) is 0 Å². The first-order valence-corrected chi connectivity index (χ1v) is 7.06. The topological polar surface area (TPSA) is 50.7 Å². The van der Waals surface area contributed by atoms with E-state index < -0.39 is 0 Å². The van der Waals surface area contributed by atoms with Gasteiger partial charge in [-0.1, -0.05) is 11.3 Å². The van der Waals surface area contributed by atoms with E-state index in [1.807, 2.05) is 11.7 Å². The number of aromatic nitrogens is 3. The summed E-state index contributed by atoms with van der Waals surface area (Å²) in [5.41, 5.74) is 1.82. The first-order valence-electron chi connectivity index (χ1n) is 5.36. The maximum atomic E-state index is 4.20. The lowest BCUT2D eigenvalue weighted by Crippen LogP contribution is -2.19. The van der Waals surface area contributed by atoms with Crippen LogP contribution in [0.15, 0.2) is 11.7 Å². The molecule has 1 aliphatic carbocycles. The molecule has 2 aromatic rings. The molecule has 1 N–H and O–H groups in total. The van der Waals surface area contributed by atoms with Crippen molar-refractivity contribution in [3.05, 3.63) is 16.7 Å². The molecule has 0 radical (unpaired) electrons. The summed E-state index contributed by atoms with van der Waals surface area (Å²) < 4.78 is 0.